The van der Waals surface area contributed by atoms with Crippen LogP contribution in [0.5, 0.6) is 0 Å². The molecule has 72 valence electrons. The van der Waals surface area contributed by atoms with Crippen LogP contribution in [0.3, 0.4) is 0 Å². The van der Waals surface area contributed by atoms with Gasteiger partial charge in [-0.25, -0.2) is 4.79 Å². The van der Waals surface area contributed by atoms with Crippen LogP contribution in [0.2, 0.25) is 0 Å². The normalized spacial score (nSPS) is 28.1. The standard InChI is InChI=1S/C9H14N2O2/c1-13-8-4-2-3-7(8)11-6-5-10-9(11)12/h5-8H,2-4H2,1H3,(H,10,12). The van der Waals surface area contributed by atoms with Crippen LogP contribution in [0.4, 0.5) is 0 Å². The van der Waals surface area contributed by atoms with Gasteiger partial charge in [0.25, 0.3) is 0 Å². The minimum absolute atomic E-state index is 0.0334. The van der Waals surface area contributed by atoms with E-state index in [0.717, 1.165) is 19.3 Å². The fraction of sp³-hybridized carbons (Fsp3) is 0.667. The second kappa shape index (κ2) is 3.38. The number of ether oxygens (including phenoxy) is 1. The molecule has 4 nitrogen and oxygen atoms in total. The molecule has 1 fully saturated rings. The molecule has 1 heterocycles. The number of hydrogen-bond donors (Lipinski definition) is 1. The van der Waals surface area contributed by atoms with E-state index in [4.69, 9.17) is 4.74 Å². The van der Waals surface area contributed by atoms with Crippen LogP contribution in [0.1, 0.15) is 25.3 Å². The van der Waals surface area contributed by atoms with Crippen molar-refractivity contribution in [1.82, 2.24) is 9.55 Å². The van der Waals surface area contributed by atoms with E-state index in [2.05, 4.69) is 4.98 Å². The summed E-state index contributed by atoms with van der Waals surface area (Å²) in [4.78, 5) is 14.0. The quantitative estimate of drug-likeness (QED) is 0.739. The minimum Gasteiger partial charge on any atom is -0.379 e. The monoisotopic (exact) mass is 182 g/mol. The number of methoxy groups -OCH3 is 1. The van der Waals surface area contributed by atoms with Crippen molar-refractivity contribution >= 4 is 0 Å². The van der Waals surface area contributed by atoms with Gasteiger partial charge >= 0.3 is 5.69 Å². The fourth-order valence-electron chi connectivity index (χ4n) is 2.09. The van der Waals surface area contributed by atoms with Gasteiger partial charge in [0.2, 0.25) is 0 Å². The summed E-state index contributed by atoms with van der Waals surface area (Å²) in [5, 5.41) is 0. The number of nitrogens with one attached hydrogen (secondary N) is 1. The van der Waals surface area contributed by atoms with Gasteiger partial charge in [-0.15, -0.1) is 0 Å². The zero-order valence-corrected chi connectivity index (χ0v) is 7.69. The van der Waals surface area contributed by atoms with Crippen molar-refractivity contribution in [3.05, 3.63) is 22.9 Å². The van der Waals surface area contributed by atoms with Crippen LogP contribution in [0.15, 0.2) is 17.2 Å². The summed E-state index contributed by atoms with van der Waals surface area (Å²) in [7, 11) is 1.71. The van der Waals surface area contributed by atoms with Gasteiger partial charge in [0.05, 0.1) is 12.1 Å². The van der Waals surface area contributed by atoms with E-state index in [1.807, 2.05) is 0 Å². The molecule has 4 heteroatoms. The third-order valence-corrected chi connectivity index (χ3v) is 2.75. The zero-order chi connectivity index (χ0) is 9.26. The molecular weight excluding hydrogens is 168 g/mol. The summed E-state index contributed by atoms with van der Waals surface area (Å²) in [6.45, 7) is 0. The molecule has 0 radical (unpaired) electrons. The lowest BCUT2D eigenvalue weighted by molar-refractivity contribution is 0.0739. The van der Waals surface area contributed by atoms with Crippen LogP contribution >= 0.6 is 0 Å². The second-order valence-corrected chi connectivity index (χ2v) is 3.44. The predicted molar refractivity (Wildman–Crippen MR) is 48.7 cm³/mol. The summed E-state index contributed by atoms with van der Waals surface area (Å²) in [5.74, 6) is 0. The first-order valence-corrected chi connectivity index (χ1v) is 4.61. The van der Waals surface area contributed by atoms with Crippen molar-refractivity contribution in [2.45, 2.75) is 31.4 Å². The van der Waals surface area contributed by atoms with E-state index < -0.39 is 0 Å². The van der Waals surface area contributed by atoms with Gasteiger partial charge in [0.1, 0.15) is 0 Å². The highest BCUT2D eigenvalue weighted by atomic mass is 16.5. The van der Waals surface area contributed by atoms with E-state index in [-0.39, 0.29) is 17.8 Å². The molecule has 1 aromatic heterocycles. The van der Waals surface area contributed by atoms with E-state index in [1.165, 1.54) is 0 Å². The van der Waals surface area contributed by atoms with Crippen LogP contribution in [0, 0.1) is 0 Å². The number of rotatable bonds is 2. The minimum atomic E-state index is -0.0334. The molecule has 0 aliphatic heterocycles. The SMILES string of the molecule is COC1CCCC1n1cc[nH]c1=O. The smallest absolute Gasteiger partial charge is 0.325 e. The Balaban J connectivity index is 2.26. The molecule has 2 atom stereocenters. The highest BCUT2D eigenvalue weighted by Gasteiger charge is 2.29. The van der Waals surface area contributed by atoms with Crippen molar-refractivity contribution in [2.24, 2.45) is 0 Å². The molecule has 0 spiro atoms. The topological polar surface area (TPSA) is 47.0 Å². The maximum absolute atomic E-state index is 11.3. The van der Waals surface area contributed by atoms with Crippen molar-refractivity contribution in [3.8, 4) is 0 Å². The largest absolute Gasteiger partial charge is 0.379 e. The van der Waals surface area contributed by atoms with Gasteiger partial charge in [0.15, 0.2) is 0 Å². The number of H-pyrrole nitrogens is 1. The Labute approximate surface area is 76.5 Å². The van der Waals surface area contributed by atoms with Crippen molar-refractivity contribution in [3.63, 3.8) is 0 Å². The van der Waals surface area contributed by atoms with E-state index in [9.17, 15) is 4.79 Å². The molecule has 1 N–H and O–H groups in total. The van der Waals surface area contributed by atoms with Gasteiger partial charge in [0, 0.05) is 19.5 Å². The highest BCUT2D eigenvalue weighted by Crippen LogP contribution is 2.30. The molecule has 0 aromatic carbocycles. The third-order valence-electron chi connectivity index (χ3n) is 2.75. The molecule has 2 rings (SSSR count). The Bertz CT molecular complexity index is 328. The second-order valence-electron chi connectivity index (χ2n) is 3.44. The maximum atomic E-state index is 11.3. The lowest BCUT2D eigenvalue weighted by atomic mass is 10.2. The maximum Gasteiger partial charge on any atom is 0.325 e. The lowest BCUT2D eigenvalue weighted by Crippen LogP contribution is -2.28. The first-order chi connectivity index (χ1) is 6.33. The fourth-order valence-corrected chi connectivity index (χ4v) is 2.09. The van der Waals surface area contributed by atoms with E-state index in [1.54, 1.807) is 24.1 Å². The molecule has 0 saturated heterocycles. The predicted octanol–water partition coefficient (Wildman–Crippen LogP) is 0.916. The Morgan fingerprint density at radius 1 is 1.62 bits per heavy atom. The van der Waals surface area contributed by atoms with Crippen molar-refractivity contribution in [2.75, 3.05) is 7.11 Å². The summed E-state index contributed by atoms with van der Waals surface area (Å²) in [6.07, 6.45) is 6.90. The first kappa shape index (κ1) is 8.56. The molecule has 1 aromatic rings. The van der Waals surface area contributed by atoms with Crippen LogP contribution in [-0.4, -0.2) is 22.8 Å². The number of aromatic amines is 1. The molecule has 0 bridgehead atoms. The third kappa shape index (κ3) is 1.42. The summed E-state index contributed by atoms with van der Waals surface area (Å²) < 4.78 is 7.07. The van der Waals surface area contributed by atoms with Gasteiger partial charge < -0.3 is 9.72 Å². The van der Waals surface area contributed by atoms with Gasteiger partial charge in [-0.1, -0.05) is 0 Å². The number of imidazole rings is 1. The van der Waals surface area contributed by atoms with Gasteiger partial charge in [-0.3, -0.25) is 4.57 Å². The summed E-state index contributed by atoms with van der Waals surface area (Å²) in [6, 6.07) is 0.226. The first-order valence-electron chi connectivity index (χ1n) is 4.61. The van der Waals surface area contributed by atoms with Crippen LogP contribution < -0.4 is 5.69 Å². The zero-order valence-electron chi connectivity index (χ0n) is 7.69. The van der Waals surface area contributed by atoms with Gasteiger partial charge in [-0.2, -0.15) is 0 Å². The molecule has 0 amide bonds. The lowest BCUT2D eigenvalue weighted by Gasteiger charge is -2.18. The Kier molecular flexibility index (Phi) is 2.22. The molecule has 2 unspecified atom stereocenters. The Hall–Kier alpha value is -1.03. The van der Waals surface area contributed by atoms with Crippen molar-refractivity contribution in [1.29, 1.82) is 0 Å². The molecular formula is C9H14N2O2. The Morgan fingerprint density at radius 2 is 2.46 bits per heavy atom. The average Bonchev–Trinajstić information content (AvgIpc) is 2.71. The van der Waals surface area contributed by atoms with Gasteiger partial charge in [-0.05, 0) is 19.3 Å². The molecule has 1 aliphatic carbocycles. The van der Waals surface area contributed by atoms with E-state index in [0.29, 0.717) is 0 Å². The number of aromatic nitrogens is 2. The molecule has 1 aliphatic rings. The summed E-state index contributed by atoms with van der Waals surface area (Å²) >= 11 is 0. The molecule has 13 heavy (non-hydrogen) atoms. The van der Waals surface area contributed by atoms with Crippen LogP contribution in [-0.2, 0) is 4.74 Å². The van der Waals surface area contributed by atoms with Crippen LogP contribution in [0.25, 0.3) is 0 Å². The highest BCUT2D eigenvalue weighted by molar-refractivity contribution is 4.89. The van der Waals surface area contributed by atoms with E-state index >= 15 is 0 Å². The average molecular weight is 182 g/mol. The molecule has 1 saturated carbocycles. The number of nitrogens with zero attached hydrogens (tertiary/aromatic N) is 1. The summed E-state index contributed by atoms with van der Waals surface area (Å²) in [5.41, 5.74) is -0.0334. The van der Waals surface area contributed by atoms with Crippen molar-refractivity contribution < 1.29 is 4.74 Å². The Morgan fingerprint density at radius 3 is 3.08 bits per heavy atom. The number of hydrogen-bond acceptors (Lipinski definition) is 2.